The molecule has 2 N–H and O–H groups in total. The van der Waals surface area contributed by atoms with Gasteiger partial charge < -0.3 is 27.2 Å². The third-order valence-electron chi connectivity index (χ3n) is 5.37. The Bertz CT molecular complexity index is 519. The van der Waals surface area contributed by atoms with Crippen molar-refractivity contribution in [1.82, 2.24) is 5.32 Å². The van der Waals surface area contributed by atoms with Gasteiger partial charge in [-0.2, -0.15) is 0 Å². The summed E-state index contributed by atoms with van der Waals surface area (Å²) in [5.41, 5.74) is 1.47. The SMILES string of the molecule is C=CC(=O)NC(CCCCCCCCCCc1ccccc1)CCC[NH+](C)C.[Br-]. The lowest BCUT2D eigenvalue weighted by molar-refractivity contribution is -0.858. The predicted octanol–water partition coefficient (Wildman–Crippen LogP) is 1.34. The number of unbranched alkanes of at least 4 members (excludes halogenated alkanes) is 7. The fraction of sp³-hybridized carbons (Fsp3) is 0.640. The van der Waals surface area contributed by atoms with Crippen molar-refractivity contribution in [1.29, 1.82) is 0 Å². The number of carbonyl (C=O) groups excluding carboxylic acids is 1. The summed E-state index contributed by atoms with van der Waals surface area (Å²) in [6.07, 6.45) is 16.5. The van der Waals surface area contributed by atoms with Crippen LogP contribution in [0, 0.1) is 0 Å². The smallest absolute Gasteiger partial charge is 0.243 e. The molecule has 166 valence electrons. The van der Waals surface area contributed by atoms with Crippen LogP contribution in [0.3, 0.4) is 0 Å². The molecule has 1 aromatic rings. The summed E-state index contributed by atoms with van der Waals surface area (Å²) < 4.78 is 0. The number of hydrogen-bond donors (Lipinski definition) is 2. The first-order valence-corrected chi connectivity index (χ1v) is 11.4. The fourth-order valence-electron chi connectivity index (χ4n) is 3.68. The number of benzene rings is 1. The van der Waals surface area contributed by atoms with E-state index < -0.39 is 0 Å². The lowest BCUT2D eigenvalue weighted by Crippen LogP contribution is -3.05. The van der Waals surface area contributed by atoms with E-state index in [1.165, 1.54) is 74.3 Å². The average molecular weight is 468 g/mol. The molecule has 1 unspecified atom stereocenters. The maximum absolute atomic E-state index is 11.6. The number of quaternary nitrogens is 1. The van der Waals surface area contributed by atoms with Gasteiger partial charge >= 0.3 is 0 Å². The summed E-state index contributed by atoms with van der Waals surface area (Å²) in [6, 6.07) is 11.1. The van der Waals surface area contributed by atoms with E-state index >= 15 is 0 Å². The Morgan fingerprint density at radius 2 is 1.48 bits per heavy atom. The molecule has 0 aliphatic carbocycles. The molecule has 29 heavy (non-hydrogen) atoms. The number of carbonyl (C=O) groups is 1. The van der Waals surface area contributed by atoms with Crippen LogP contribution in [-0.4, -0.2) is 32.6 Å². The molecule has 0 spiro atoms. The molecule has 4 heteroatoms. The maximum atomic E-state index is 11.6. The van der Waals surface area contributed by atoms with Crippen molar-refractivity contribution in [3.63, 3.8) is 0 Å². The zero-order valence-electron chi connectivity index (χ0n) is 18.7. The molecule has 1 rings (SSSR count). The molecule has 0 radical (unpaired) electrons. The first-order valence-electron chi connectivity index (χ1n) is 11.4. The normalized spacial score (nSPS) is 11.7. The molecule has 0 aliphatic rings. The molecule has 1 atom stereocenters. The van der Waals surface area contributed by atoms with Crippen LogP contribution in [0.4, 0.5) is 0 Å². The lowest BCUT2D eigenvalue weighted by atomic mass is 10.0. The first kappa shape index (κ1) is 27.9. The maximum Gasteiger partial charge on any atom is 0.243 e. The molecule has 0 fully saturated rings. The van der Waals surface area contributed by atoms with Crippen molar-refractivity contribution < 1.29 is 26.7 Å². The summed E-state index contributed by atoms with van der Waals surface area (Å²) in [4.78, 5) is 13.1. The number of aryl methyl sites for hydroxylation is 1. The minimum absolute atomic E-state index is 0. The van der Waals surface area contributed by atoms with Crippen LogP contribution in [0.2, 0.25) is 0 Å². The zero-order valence-corrected chi connectivity index (χ0v) is 20.3. The van der Waals surface area contributed by atoms with Crippen LogP contribution in [0.25, 0.3) is 0 Å². The Labute approximate surface area is 190 Å². The topological polar surface area (TPSA) is 33.5 Å². The van der Waals surface area contributed by atoms with E-state index in [0.717, 1.165) is 25.8 Å². The van der Waals surface area contributed by atoms with Gasteiger partial charge in [-0.3, -0.25) is 4.79 Å². The predicted molar refractivity (Wildman–Crippen MR) is 121 cm³/mol. The quantitative estimate of drug-likeness (QED) is 0.263. The minimum Gasteiger partial charge on any atom is -1.00 e. The Kier molecular flexibility index (Phi) is 18.1. The molecule has 0 saturated carbocycles. The lowest BCUT2D eigenvalue weighted by Gasteiger charge is -2.18. The molecular formula is C25H43BrN2O. The van der Waals surface area contributed by atoms with Gasteiger partial charge in [0.2, 0.25) is 5.91 Å². The Morgan fingerprint density at radius 3 is 2.07 bits per heavy atom. The highest BCUT2D eigenvalue weighted by Crippen LogP contribution is 2.13. The molecule has 1 aromatic carbocycles. The second kappa shape index (κ2) is 18.9. The van der Waals surface area contributed by atoms with Crippen LogP contribution < -0.4 is 27.2 Å². The molecule has 1 amide bonds. The largest absolute Gasteiger partial charge is 1.00 e. The van der Waals surface area contributed by atoms with Gasteiger partial charge in [0.05, 0.1) is 20.6 Å². The molecule has 0 bridgehead atoms. The third-order valence-corrected chi connectivity index (χ3v) is 5.37. The first-order chi connectivity index (χ1) is 13.6. The summed E-state index contributed by atoms with van der Waals surface area (Å²) in [7, 11) is 4.36. The van der Waals surface area contributed by atoms with Gasteiger partial charge in [0, 0.05) is 6.04 Å². The van der Waals surface area contributed by atoms with E-state index in [1.54, 1.807) is 0 Å². The Hall–Kier alpha value is -1.13. The molecule has 0 aliphatic heterocycles. The van der Waals surface area contributed by atoms with Crippen LogP contribution in [0.1, 0.15) is 76.2 Å². The van der Waals surface area contributed by atoms with E-state index in [4.69, 9.17) is 0 Å². The van der Waals surface area contributed by atoms with E-state index in [9.17, 15) is 4.79 Å². The van der Waals surface area contributed by atoms with E-state index in [-0.39, 0.29) is 22.9 Å². The van der Waals surface area contributed by atoms with E-state index in [0.29, 0.717) is 6.04 Å². The van der Waals surface area contributed by atoms with Gasteiger partial charge in [-0.05, 0) is 43.7 Å². The molecular weight excluding hydrogens is 424 g/mol. The van der Waals surface area contributed by atoms with Crippen molar-refractivity contribution >= 4 is 5.91 Å². The number of rotatable bonds is 17. The van der Waals surface area contributed by atoms with Crippen LogP contribution in [0.5, 0.6) is 0 Å². The van der Waals surface area contributed by atoms with Crippen LogP contribution >= 0.6 is 0 Å². The standard InChI is InChI=1S/C25H42N2O.BrH/c1-4-25(28)26-24(21-16-22-27(2)3)20-15-10-8-6-5-7-9-12-17-23-18-13-11-14-19-23;/h4,11,13-14,18-19,24H,1,5-10,12,15-17,20-22H2,2-3H3,(H,26,28);1H. The van der Waals surface area contributed by atoms with Crippen LogP contribution in [0.15, 0.2) is 43.0 Å². The number of amides is 1. The summed E-state index contributed by atoms with van der Waals surface area (Å²) >= 11 is 0. The Morgan fingerprint density at radius 1 is 0.931 bits per heavy atom. The van der Waals surface area contributed by atoms with E-state index in [1.807, 2.05) is 0 Å². The van der Waals surface area contributed by atoms with Gasteiger partial charge in [-0.1, -0.05) is 81.9 Å². The summed E-state index contributed by atoms with van der Waals surface area (Å²) in [5.74, 6) is -0.0299. The van der Waals surface area contributed by atoms with Gasteiger partial charge in [0.15, 0.2) is 0 Å². The third kappa shape index (κ3) is 16.4. The highest BCUT2D eigenvalue weighted by atomic mass is 79.9. The van der Waals surface area contributed by atoms with Gasteiger partial charge in [-0.25, -0.2) is 0 Å². The van der Waals surface area contributed by atoms with Gasteiger partial charge in [0.1, 0.15) is 0 Å². The number of hydrogen-bond acceptors (Lipinski definition) is 1. The van der Waals surface area contributed by atoms with E-state index in [2.05, 4.69) is 56.3 Å². The second-order valence-electron chi connectivity index (χ2n) is 8.36. The van der Waals surface area contributed by atoms with Crippen LogP contribution in [-0.2, 0) is 11.2 Å². The molecule has 0 heterocycles. The molecule has 0 saturated heterocycles. The summed E-state index contributed by atoms with van der Waals surface area (Å²) in [5, 5.41) is 3.11. The highest BCUT2D eigenvalue weighted by Gasteiger charge is 2.11. The second-order valence-corrected chi connectivity index (χ2v) is 8.36. The highest BCUT2D eigenvalue weighted by molar-refractivity contribution is 5.87. The summed E-state index contributed by atoms with van der Waals surface area (Å²) in [6.45, 7) is 4.73. The van der Waals surface area contributed by atoms with Crippen molar-refractivity contribution in [3.05, 3.63) is 48.6 Å². The van der Waals surface area contributed by atoms with Gasteiger partial charge in [0.25, 0.3) is 0 Å². The zero-order chi connectivity index (χ0) is 20.5. The number of nitrogens with one attached hydrogen (secondary N) is 2. The molecule has 0 aromatic heterocycles. The average Bonchev–Trinajstić information content (AvgIpc) is 2.69. The fourth-order valence-corrected chi connectivity index (χ4v) is 3.68. The Balaban J connectivity index is 0.00000784. The minimum atomic E-state index is -0.0299. The van der Waals surface area contributed by atoms with Crippen molar-refractivity contribution in [2.75, 3.05) is 20.6 Å². The van der Waals surface area contributed by atoms with Crippen molar-refractivity contribution in [3.8, 4) is 0 Å². The molecule has 3 nitrogen and oxygen atoms in total. The van der Waals surface area contributed by atoms with Gasteiger partial charge in [-0.15, -0.1) is 0 Å². The number of halogens is 1. The monoisotopic (exact) mass is 466 g/mol. The van der Waals surface area contributed by atoms with Crippen molar-refractivity contribution in [2.24, 2.45) is 0 Å². The van der Waals surface area contributed by atoms with Crippen molar-refractivity contribution in [2.45, 2.75) is 83.1 Å².